The van der Waals surface area contributed by atoms with Crippen molar-refractivity contribution in [2.75, 3.05) is 19.9 Å². The van der Waals surface area contributed by atoms with Crippen LogP contribution in [0.3, 0.4) is 0 Å². The van der Waals surface area contributed by atoms with Crippen LogP contribution in [0, 0.1) is 0 Å². The number of hydrogen-bond acceptors (Lipinski definition) is 3. The fourth-order valence-electron chi connectivity index (χ4n) is 0.470. The van der Waals surface area contributed by atoms with Crippen LogP contribution in [0.5, 0.6) is 0 Å². The van der Waals surface area contributed by atoms with Crippen LogP contribution in [0.4, 0.5) is 4.39 Å². The summed E-state index contributed by atoms with van der Waals surface area (Å²) in [7, 11) is 0. The van der Waals surface area contributed by atoms with Gasteiger partial charge in [0.15, 0.2) is 0 Å². The smallest absolute Gasteiger partial charge is 0.317 e. The summed E-state index contributed by atoms with van der Waals surface area (Å²) in [5, 5.41) is 10.6. The van der Waals surface area contributed by atoms with Gasteiger partial charge < -0.3 is 9.84 Å². The third-order valence-electron chi connectivity index (χ3n) is 1.01. The van der Waals surface area contributed by atoms with Crippen molar-refractivity contribution < 1.29 is 19.0 Å². The quantitative estimate of drug-likeness (QED) is 0.330. The van der Waals surface area contributed by atoms with Crippen molar-refractivity contribution in [3.05, 3.63) is 12.7 Å². The third kappa shape index (κ3) is 7.17. The van der Waals surface area contributed by atoms with E-state index in [4.69, 9.17) is 9.84 Å². The van der Waals surface area contributed by atoms with Crippen LogP contribution >= 0.6 is 0 Å². The van der Waals surface area contributed by atoms with Gasteiger partial charge in [0, 0.05) is 0 Å². The predicted molar refractivity (Wildman–Crippen MR) is 41.6 cm³/mol. The first-order valence-electron chi connectivity index (χ1n) is 3.43. The molecule has 0 aromatic heterocycles. The number of rotatable bonds is 7. The molecule has 0 aliphatic heterocycles. The first kappa shape index (κ1) is 11.1. The van der Waals surface area contributed by atoms with Crippen molar-refractivity contribution >= 4 is 5.97 Å². The Kier molecular flexibility index (Phi) is 6.22. The molecule has 1 atom stereocenters. The molecule has 0 aliphatic carbocycles. The molecule has 0 spiro atoms. The van der Waals surface area contributed by atoms with Crippen molar-refractivity contribution in [3.8, 4) is 0 Å². The van der Waals surface area contributed by atoms with Gasteiger partial charge in [-0.3, -0.25) is 10.1 Å². The topological polar surface area (TPSA) is 58.6 Å². The summed E-state index contributed by atoms with van der Waals surface area (Å²) in [5.74, 6) is -0.973. The van der Waals surface area contributed by atoms with Crippen molar-refractivity contribution in [1.82, 2.24) is 5.32 Å². The van der Waals surface area contributed by atoms with Gasteiger partial charge in [-0.1, -0.05) is 6.08 Å². The van der Waals surface area contributed by atoms with E-state index < -0.39 is 12.1 Å². The Bertz CT molecular complexity index is 152. The van der Waals surface area contributed by atoms with Gasteiger partial charge in [0.25, 0.3) is 0 Å². The van der Waals surface area contributed by atoms with E-state index in [0.717, 1.165) is 6.08 Å². The maximum Gasteiger partial charge on any atom is 0.317 e. The van der Waals surface area contributed by atoms with Crippen LogP contribution < -0.4 is 5.32 Å². The van der Waals surface area contributed by atoms with Crippen molar-refractivity contribution in [2.24, 2.45) is 0 Å². The molecule has 0 fully saturated rings. The number of carboxylic acid groups (broad SMARTS) is 1. The molecular weight excluding hydrogens is 165 g/mol. The normalized spacial score (nSPS) is 12.4. The lowest BCUT2D eigenvalue weighted by Crippen LogP contribution is -2.26. The Morgan fingerprint density at radius 2 is 2.50 bits per heavy atom. The van der Waals surface area contributed by atoms with Crippen molar-refractivity contribution in [3.63, 3.8) is 0 Å². The molecule has 0 saturated heterocycles. The summed E-state index contributed by atoms with van der Waals surface area (Å²) in [6.07, 6.45) is -0.0753. The standard InChI is InChI=1S/C7H12FNO3/c1-2-6(8)4-12-5-9-3-7(10)11/h2,6,9H,1,3-5H2,(H,10,11). The number of aliphatic carboxylic acids is 1. The number of ether oxygens (including phenoxy) is 1. The maximum atomic E-state index is 12.3. The van der Waals surface area contributed by atoms with Gasteiger partial charge in [0.05, 0.1) is 19.9 Å². The second-order valence-corrected chi connectivity index (χ2v) is 2.09. The molecule has 0 aromatic rings. The molecule has 0 aromatic carbocycles. The molecule has 4 nitrogen and oxygen atoms in total. The highest BCUT2D eigenvalue weighted by Gasteiger charge is 1.99. The Labute approximate surface area is 70.0 Å². The molecule has 0 saturated carbocycles. The predicted octanol–water partition coefficient (Wildman–Crippen LogP) is 0.159. The summed E-state index contributed by atoms with van der Waals surface area (Å²) in [6, 6.07) is 0. The van der Waals surface area contributed by atoms with Gasteiger partial charge in [-0.2, -0.15) is 0 Å². The van der Waals surface area contributed by atoms with Crippen molar-refractivity contribution in [2.45, 2.75) is 6.17 Å². The molecule has 0 heterocycles. The van der Waals surface area contributed by atoms with Gasteiger partial charge in [-0.15, -0.1) is 6.58 Å². The highest BCUT2D eigenvalue weighted by atomic mass is 19.1. The molecule has 70 valence electrons. The first-order valence-corrected chi connectivity index (χ1v) is 3.43. The van der Waals surface area contributed by atoms with E-state index in [0.29, 0.717) is 0 Å². The molecular formula is C7H12FNO3. The lowest BCUT2D eigenvalue weighted by molar-refractivity contribution is -0.136. The van der Waals surface area contributed by atoms with E-state index in [2.05, 4.69) is 11.9 Å². The lowest BCUT2D eigenvalue weighted by atomic mass is 10.4. The zero-order chi connectivity index (χ0) is 9.40. The summed E-state index contributed by atoms with van der Waals surface area (Å²) in [4.78, 5) is 9.94. The number of halogens is 1. The second kappa shape index (κ2) is 6.75. The van der Waals surface area contributed by atoms with Crippen LogP contribution in [-0.2, 0) is 9.53 Å². The van der Waals surface area contributed by atoms with Gasteiger partial charge in [0.2, 0.25) is 0 Å². The van der Waals surface area contributed by atoms with Crippen LogP contribution in [0.1, 0.15) is 0 Å². The van der Waals surface area contributed by atoms with E-state index in [1.165, 1.54) is 0 Å². The fourth-order valence-corrected chi connectivity index (χ4v) is 0.470. The SMILES string of the molecule is C=CC(F)COCNCC(=O)O. The Morgan fingerprint density at radius 1 is 1.83 bits per heavy atom. The van der Waals surface area contributed by atoms with Gasteiger partial charge in [0.1, 0.15) is 6.17 Å². The summed E-state index contributed by atoms with van der Waals surface area (Å²) in [5.41, 5.74) is 0. The minimum Gasteiger partial charge on any atom is -0.480 e. The van der Waals surface area contributed by atoms with E-state index in [1.54, 1.807) is 0 Å². The molecule has 5 heteroatoms. The highest BCUT2D eigenvalue weighted by molar-refractivity contribution is 5.68. The van der Waals surface area contributed by atoms with E-state index in [-0.39, 0.29) is 19.9 Å². The molecule has 0 rings (SSSR count). The lowest BCUT2D eigenvalue weighted by Gasteiger charge is -2.04. The van der Waals surface area contributed by atoms with E-state index >= 15 is 0 Å². The highest BCUT2D eigenvalue weighted by Crippen LogP contribution is 1.90. The van der Waals surface area contributed by atoms with Crippen LogP contribution in [0.2, 0.25) is 0 Å². The maximum absolute atomic E-state index is 12.3. The average molecular weight is 177 g/mol. The van der Waals surface area contributed by atoms with Crippen LogP contribution in [0.25, 0.3) is 0 Å². The fraction of sp³-hybridized carbons (Fsp3) is 0.571. The Hall–Kier alpha value is -0.940. The average Bonchev–Trinajstić information content (AvgIpc) is 2.03. The Morgan fingerprint density at radius 3 is 3.00 bits per heavy atom. The number of alkyl halides is 1. The summed E-state index contributed by atoms with van der Waals surface area (Å²) < 4.78 is 17.0. The number of carbonyl (C=O) groups is 1. The number of nitrogens with one attached hydrogen (secondary N) is 1. The zero-order valence-corrected chi connectivity index (χ0v) is 6.62. The molecule has 0 amide bonds. The van der Waals surface area contributed by atoms with Gasteiger partial charge >= 0.3 is 5.97 Å². The first-order chi connectivity index (χ1) is 5.66. The van der Waals surface area contributed by atoms with E-state index in [9.17, 15) is 9.18 Å². The van der Waals surface area contributed by atoms with Gasteiger partial charge in [-0.05, 0) is 0 Å². The zero-order valence-electron chi connectivity index (χ0n) is 6.62. The molecule has 12 heavy (non-hydrogen) atoms. The molecule has 1 unspecified atom stereocenters. The molecule has 0 aliphatic rings. The number of carboxylic acids is 1. The summed E-state index contributed by atoms with van der Waals surface area (Å²) >= 11 is 0. The van der Waals surface area contributed by atoms with Crippen LogP contribution in [-0.4, -0.2) is 37.1 Å². The van der Waals surface area contributed by atoms with Crippen LogP contribution in [0.15, 0.2) is 12.7 Å². The molecule has 0 radical (unpaired) electrons. The molecule has 0 bridgehead atoms. The van der Waals surface area contributed by atoms with Gasteiger partial charge in [-0.25, -0.2) is 4.39 Å². The van der Waals surface area contributed by atoms with E-state index in [1.807, 2.05) is 0 Å². The molecule has 2 N–H and O–H groups in total. The Balaban J connectivity index is 3.10. The number of hydrogen-bond donors (Lipinski definition) is 2. The third-order valence-corrected chi connectivity index (χ3v) is 1.01. The summed E-state index contributed by atoms with van der Waals surface area (Å²) in [6.45, 7) is 2.96. The monoisotopic (exact) mass is 177 g/mol. The largest absolute Gasteiger partial charge is 0.480 e. The minimum absolute atomic E-state index is 0.0283. The minimum atomic E-state index is -1.20. The second-order valence-electron chi connectivity index (χ2n) is 2.09. The van der Waals surface area contributed by atoms with Crippen molar-refractivity contribution in [1.29, 1.82) is 0 Å².